The molecule has 0 atom stereocenters. The van der Waals surface area contributed by atoms with Gasteiger partial charge < -0.3 is 19.5 Å². The van der Waals surface area contributed by atoms with Crippen LogP contribution in [0.15, 0.2) is 9.59 Å². The molecule has 0 aromatic carbocycles. The number of anilines is 1. The highest BCUT2D eigenvalue weighted by Gasteiger charge is 2.17. The lowest BCUT2D eigenvalue weighted by Gasteiger charge is -2.23. The van der Waals surface area contributed by atoms with Gasteiger partial charge in [0.25, 0.3) is 5.56 Å². The zero-order valence-corrected chi connectivity index (χ0v) is 13.8. The fourth-order valence-corrected chi connectivity index (χ4v) is 2.94. The summed E-state index contributed by atoms with van der Waals surface area (Å²) >= 11 is 0. The third-order valence-electron chi connectivity index (χ3n) is 4.44. The number of hydrogen-bond donors (Lipinski definition) is 2. The predicted octanol–water partition coefficient (Wildman–Crippen LogP) is -2.70. The van der Waals surface area contributed by atoms with E-state index in [1.54, 1.807) is 18.7 Å². The van der Waals surface area contributed by atoms with Crippen LogP contribution in [0.2, 0.25) is 0 Å². The molecule has 9 heteroatoms. The highest BCUT2D eigenvalue weighted by atomic mass is 16.5. The molecule has 1 saturated heterocycles. The van der Waals surface area contributed by atoms with Crippen LogP contribution < -0.4 is 21.5 Å². The quantitative estimate of drug-likeness (QED) is 0.639. The number of quaternary nitrogens is 1. The second-order valence-electron chi connectivity index (χ2n) is 5.91. The summed E-state index contributed by atoms with van der Waals surface area (Å²) in [5.74, 6) is 0.603. The lowest BCUT2D eigenvalue weighted by Crippen LogP contribution is -3.14. The number of fused-ring (bicyclic) bond motifs is 1. The van der Waals surface area contributed by atoms with Gasteiger partial charge in [0, 0.05) is 21.1 Å². The molecule has 0 bridgehead atoms. The van der Waals surface area contributed by atoms with E-state index in [0.717, 1.165) is 44.0 Å². The van der Waals surface area contributed by atoms with Crippen molar-refractivity contribution < 1.29 is 9.64 Å². The van der Waals surface area contributed by atoms with E-state index in [0.29, 0.717) is 17.1 Å². The molecule has 1 fully saturated rings. The van der Waals surface area contributed by atoms with E-state index in [4.69, 9.17) is 4.74 Å². The SMILES string of the molecule is Cn1c(=O)c2c(nc(NCC[NH+]3CCOCC3)n2C)n(C)c1=O. The minimum absolute atomic E-state index is 0.329. The molecule has 23 heavy (non-hydrogen) atoms. The Bertz CT molecular complexity index is 828. The van der Waals surface area contributed by atoms with E-state index in [2.05, 4.69) is 10.3 Å². The van der Waals surface area contributed by atoms with Crippen molar-refractivity contribution in [2.45, 2.75) is 0 Å². The van der Waals surface area contributed by atoms with Gasteiger partial charge in [-0.05, 0) is 0 Å². The summed E-state index contributed by atoms with van der Waals surface area (Å²) in [6.45, 7) is 5.35. The van der Waals surface area contributed by atoms with Crippen molar-refractivity contribution in [1.29, 1.82) is 0 Å². The first-order valence-electron chi connectivity index (χ1n) is 7.78. The summed E-state index contributed by atoms with van der Waals surface area (Å²) in [7, 11) is 4.88. The lowest BCUT2D eigenvalue weighted by atomic mass is 10.4. The fraction of sp³-hybridized carbons (Fsp3) is 0.643. The number of morpholine rings is 1. The van der Waals surface area contributed by atoms with Gasteiger partial charge in [-0.1, -0.05) is 0 Å². The van der Waals surface area contributed by atoms with E-state index in [9.17, 15) is 9.59 Å². The molecule has 3 heterocycles. The lowest BCUT2D eigenvalue weighted by molar-refractivity contribution is -0.906. The Labute approximate surface area is 133 Å². The number of aryl methyl sites for hydroxylation is 2. The molecular formula is C14H23N6O3+. The van der Waals surface area contributed by atoms with E-state index in [1.165, 1.54) is 16.5 Å². The molecule has 0 saturated carbocycles. The zero-order valence-electron chi connectivity index (χ0n) is 13.8. The molecule has 0 aliphatic carbocycles. The molecule has 9 nitrogen and oxygen atoms in total. The van der Waals surface area contributed by atoms with Crippen LogP contribution in [0.4, 0.5) is 5.95 Å². The van der Waals surface area contributed by atoms with Crippen molar-refractivity contribution in [2.75, 3.05) is 44.7 Å². The van der Waals surface area contributed by atoms with Gasteiger partial charge in [0.05, 0.1) is 26.3 Å². The van der Waals surface area contributed by atoms with Gasteiger partial charge in [0.2, 0.25) is 5.95 Å². The molecule has 1 aliphatic heterocycles. The Morgan fingerprint density at radius 1 is 1.13 bits per heavy atom. The number of nitrogens with one attached hydrogen (secondary N) is 2. The maximum Gasteiger partial charge on any atom is 0.332 e. The van der Waals surface area contributed by atoms with Crippen LogP contribution in [0.1, 0.15) is 0 Å². The Morgan fingerprint density at radius 3 is 2.52 bits per heavy atom. The van der Waals surface area contributed by atoms with Gasteiger partial charge in [-0.3, -0.25) is 13.9 Å². The van der Waals surface area contributed by atoms with Crippen molar-refractivity contribution >= 4 is 17.1 Å². The Balaban J connectivity index is 1.83. The minimum atomic E-state index is -0.370. The van der Waals surface area contributed by atoms with Gasteiger partial charge >= 0.3 is 5.69 Å². The minimum Gasteiger partial charge on any atom is -0.370 e. The molecule has 2 aromatic rings. The Morgan fingerprint density at radius 2 is 1.83 bits per heavy atom. The summed E-state index contributed by atoms with van der Waals surface area (Å²) in [5.41, 5.74) is 0.132. The van der Waals surface area contributed by atoms with Crippen molar-refractivity contribution in [3.63, 3.8) is 0 Å². The Kier molecular flexibility index (Phi) is 4.22. The normalized spacial score (nSPS) is 16.1. The second-order valence-corrected chi connectivity index (χ2v) is 5.91. The number of aromatic nitrogens is 4. The van der Waals surface area contributed by atoms with E-state index < -0.39 is 0 Å². The van der Waals surface area contributed by atoms with E-state index in [1.807, 2.05) is 0 Å². The largest absolute Gasteiger partial charge is 0.370 e. The molecule has 2 aromatic heterocycles. The number of rotatable bonds is 4. The number of nitrogens with zero attached hydrogens (tertiary/aromatic N) is 4. The average Bonchev–Trinajstić information content (AvgIpc) is 2.89. The van der Waals surface area contributed by atoms with Gasteiger partial charge in [0.15, 0.2) is 11.2 Å². The van der Waals surface area contributed by atoms with Crippen LogP contribution in [0, 0.1) is 0 Å². The monoisotopic (exact) mass is 323 g/mol. The van der Waals surface area contributed by atoms with Crippen molar-refractivity contribution in [2.24, 2.45) is 21.1 Å². The van der Waals surface area contributed by atoms with Crippen LogP contribution in [0.25, 0.3) is 11.2 Å². The predicted molar refractivity (Wildman–Crippen MR) is 86.1 cm³/mol. The van der Waals surface area contributed by atoms with Gasteiger partial charge in [-0.25, -0.2) is 4.79 Å². The number of hydrogen-bond acceptors (Lipinski definition) is 5. The molecule has 2 N–H and O–H groups in total. The second kappa shape index (κ2) is 6.17. The third kappa shape index (κ3) is 2.77. The molecule has 0 amide bonds. The summed E-state index contributed by atoms with van der Waals surface area (Å²) in [6, 6.07) is 0. The van der Waals surface area contributed by atoms with Gasteiger partial charge in [0.1, 0.15) is 13.1 Å². The third-order valence-corrected chi connectivity index (χ3v) is 4.44. The summed E-state index contributed by atoms with van der Waals surface area (Å²) in [5, 5.41) is 3.27. The van der Waals surface area contributed by atoms with Crippen molar-refractivity contribution in [1.82, 2.24) is 18.7 Å². The Hall–Kier alpha value is -2.13. The maximum atomic E-state index is 12.3. The zero-order chi connectivity index (χ0) is 16.6. The molecule has 0 unspecified atom stereocenters. The highest BCUT2D eigenvalue weighted by Crippen LogP contribution is 2.12. The van der Waals surface area contributed by atoms with Crippen LogP contribution in [-0.2, 0) is 25.9 Å². The first-order valence-corrected chi connectivity index (χ1v) is 7.78. The van der Waals surface area contributed by atoms with Crippen molar-refractivity contribution in [3.8, 4) is 0 Å². The van der Waals surface area contributed by atoms with Gasteiger partial charge in [-0.15, -0.1) is 0 Å². The summed E-state index contributed by atoms with van der Waals surface area (Å²) < 4.78 is 9.56. The van der Waals surface area contributed by atoms with Gasteiger partial charge in [-0.2, -0.15) is 4.98 Å². The standard InChI is InChI=1S/C14H22N6O3/c1-17-10-11(18(2)14(22)19(3)12(10)21)16-13(17)15-4-5-20-6-8-23-9-7-20/h4-9H2,1-3H3,(H,15,16)/p+1. The van der Waals surface area contributed by atoms with Crippen LogP contribution in [0.3, 0.4) is 0 Å². The molecule has 126 valence electrons. The first kappa shape index (κ1) is 15.8. The topological polar surface area (TPSA) is 87.5 Å². The first-order chi connectivity index (χ1) is 11.0. The molecule has 3 rings (SSSR count). The molecular weight excluding hydrogens is 300 g/mol. The van der Waals surface area contributed by atoms with E-state index >= 15 is 0 Å². The van der Waals surface area contributed by atoms with Crippen LogP contribution in [-0.4, -0.2) is 58.1 Å². The fourth-order valence-electron chi connectivity index (χ4n) is 2.94. The van der Waals surface area contributed by atoms with Crippen molar-refractivity contribution in [3.05, 3.63) is 20.8 Å². The highest BCUT2D eigenvalue weighted by molar-refractivity contribution is 5.74. The van der Waals surface area contributed by atoms with Crippen LogP contribution in [0.5, 0.6) is 0 Å². The summed E-state index contributed by atoms with van der Waals surface area (Å²) in [4.78, 5) is 30.2. The number of imidazole rings is 1. The maximum absolute atomic E-state index is 12.3. The molecule has 0 radical (unpaired) electrons. The smallest absolute Gasteiger partial charge is 0.332 e. The molecule has 0 spiro atoms. The molecule has 1 aliphatic rings. The average molecular weight is 323 g/mol. The number of ether oxygens (including phenoxy) is 1. The van der Waals surface area contributed by atoms with Crippen LogP contribution >= 0.6 is 0 Å². The summed E-state index contributed by atoms with van der Waals surface area (Å²) in [6.07, 6.45) is 0. The van der Waals surface area contributed by atoms with E-state index in [-0.39, 0.29) is 11.2 Å².